The van der Waals surface area contributed by atoms with Gasteiger partial charge in [0.1, 0.15) is 4.83 Å². The van der Waals surface area contributed by atoms with Crippen molar-refractivity contribution < 1.29 is 13.2 Å². The van der Waals surface area contributed by atoms with Crippen LogP contribution < -0.4 is 10.9 Å². The minimum absolute atomic E-state index is 0.0378. The van der Waals surface area contributed by atoms with Gasteiger partial charge in [-0.05, 0) is 38.4 Å². The van der Waals surface area contributed by atoms with Crippen molar-refractivity contribution in [3.63, 3.8) is 0 Å². The second-order valence-corrected chi connectivity index (χ2v) is 10.5. The average Bonchev–Trinajstić information content (AvgIpc) is 3.29. The molecule has 2 aliphatic heterocycles. The van der Waals surface area contributed by atoms with Gasteiger partial charge >= 0.3 is 0 Å². The third-order valence-corrected chi connectivity index (χ3v) is 8.38. The van der Waals surface area contributed by atoms with Crippen molar-refractivity contribution in [1.82, 2.24) is 19.8 Å². The maximum Gasteiger partial charge on any atom is 0.262 e. The largest absolute Gasteiger partial charge is 0.346 e. The van der Waals surface area contributed by atoms with Crippen LogP contribution in [0.4, 0.5) is 0 Å². The van der Waals surface area contributed by atoms with E-state index in [0.29, 0.717) is 20.7 Å². The Morgan fingerprint density at radius 1 is 1.30 bits per heavy atom. The lowest BCUT2D eigenvalue weighted by Crippen LogP contribution is -2.50. The Labute approximate surface area is 161 Å². The molecule has 0 aliphatic carbocycles. The second-order valence-electron chi connectivity index (χ2n) is 7.36. The molecule has 2 atom stereocenters. The van der Waals surface area contributed by atoms with Gasteiger partial charge in [0, 0.05) is 13.1 Å². The SMILES string of the molecule is Cc1c(C(=O)NC2CS(=O)(=O)CC2N2CCCC2)sc2ncn(C)c(=O)c12. The predicted octanol–water partition coefficient (Wildman–Crippen LogP) is 0.295. The number of carbonyl (C=O) groups excluding carboxylic acids is 1. The first kappa shape index (κ1) is 18.6. The summed E-state index contributed by atoms with van der Waals surface area (Å²) in [6.45, 7) is 3.48. The molecule has 1 amide bonds. The minimum Gasteiger partial charge on any atom is -0.346 e. The van der Waals surface area contributed by atoms with E-state index in [2.05, 4.69) is 15.2 Å². The number of hydrogen-bond donors (Lipinski definition) is 1. The summed E-state index contributed by atoms with van der Waals surface area (Å²) < 4.78 is 25.8. The summed E-state index contributed by atoms with van der Waals surface area (Å²) in [4.78, 5) is 32.6. The maximum absolute atomic E-state index is 12.9. The summed E-state index contributed by atoms with van der Waals surface area (Å²) >= 11 is 1.17. The highest BCUT2D eigenvalue weighted by atomic mass is 32.2. The number of nitrogens with one attached hydrogen (secondary N) is 1. The summed E-state index contributed by atoms with van der Waals surface area (Å²) in [6.07, 6.45) is 3.55. The standard InChI is InChI=1S/C17H22N4O4S2/c1-10-13-16(18-9-20(2)17(13)23)26-14(10)15(22)19-11-7-27(24,25)8-12(11)21-5-3-4-6-21/h9,11-12H,3-8H2,1-2H3,(H,19,22). The van der Waals surface area contributed by atoms with Gasteiger partial charge in [-0.25, -0.2) is 13.4 Å². The Kier molecular flexibility index (Phi) is 4.59. The molecule has 0 spiro atoms. The lowest BCUT2D eigenvalue weighted by molar-refractivity contribution is 0.0922. The number of carbonyl (C=O) groups is 1. The van der Waals surface area contributed by atoms with E-state index in [4.69, 9.17) is 0 Å². The van der Waals surface area contributed by atoms with Gasteiger partial charge in [0.15, 0.2) is 9.84 Å². The van der Waals surface area contributed by atoms with Gasteiger partial charge in [0.25, 0.3) is 11.5 Å². The Hall–Kier alpha value is -1.78. The third-order valence-electron chi connectivity index (χ3n) is 5.47. The zero-order chi connectivity index (χ0) is 19.3. The zero-order valence-corrected chi connectivity index (χ0v) is 16.9. The van der Waals surface area contributed by atoms with Crippen LogP contribution in [0, 0.1) is 6.92 Å². The molecule has 8 nitrogen and oxygen atoms in total. The molecule has 0 radical (unpaired) electrons. The lowest BCUT2D eigenvalue weighted by Gasteiger charge is -2.28. The van der Waals surface area contributed by atoms with Gasteiger partial charge in [-0.3, -0.25) is 14.5 Å². The van der Waals surface area contributed by atoms with Gasteiger partial charge < -0.3 is 9.88 Å². The second kappa shape index (κ2) is 6.68. The zero-order valence-electron chi connectivity index (χ0n) is 15.3. The van der Waals surface area contributed by atoms with Crippen LogP contribution in [0.5, 0.6) is 0 Å². The summed E-state index contributed by atoms with van der Waals surface area (Å²) in [5.41, 5.74) is 0.408. The van der Waals surface area contributed by atoms with Crippen molar-refractivity contribution in [2.24, 2.45) is 7.05 Å². The Bertz CT molecular complexity index is 1070. The fourth-order valence-electron chi connectivity index (χ4n) is 4.06. The number of fused-ring (bicyclic) bond motifs is 1. The molecule has 10 heteroatoms. The van der Waals surface area contributed by atoms with E-state index in [1.807, 2.05) is 0 Å². The van der Waals surface area contributed by atoms with E-state index in [9.17, 15) is 18.0 Å². The number of likely N-dealkylation sites (tertiary alicyclic amines) is 1. The van der Waals surface area contributed by atoms with E-state index in [1.54, 1.807) is 14.0 Å². The molecule has 0 aromatic carbocycles. The highest BCUT2D eigenvalue weighted by Crippen LogP contribution is 2.28. The molecule has 2 aromatic heterocycles. The number of hydrogen-bond acceptors (Lipinski definition) is 7. The van der Waals surface area contributed by atoms with Crippen molar-refractivity contribution in [3.8, 4) is 0 Å². The number of sulfone groups is 1. The van der Waals surface area contributed by atoms with Gasteiger partial charge in [-0.2, -0.15) is 0 Å². The van der Waals surface area contributed by atoms with E-state index < -0.39 is 15.9 Å². The number of rotatable bonds is 3. The molecule has 4 heterocycles. The first-order valence-corrected chi connectivity index (χ1v) is 11.6. The number of aromatic nitrogens is 2. The first-order valence-electron chi connectivity index (χ1n) is 8.97. The molecule has 2 fully saturated rings. The minimum atomic E-state index is -3.18. The van der Waals surface area contributed by atoms with Gasteiger partial charge in [0.05, 0.1) is 34.1 Å². The predicted molar refractivity (Wildman–Crippen MR) is 104 cm³/mol. The number of nitrogens with zero attached hydrogens (tertiary/aromatic N) is 3. The topological polar surface area (TPSA) is 101 Å². The van der Waals surface area contributed by atoms with Crippen LogP contribution in [0.3, 0.4) is 0 Å². The van der Waals surface area contributed by atoms with E-state index in [-0.39, 0.29) is 29.0 Å². The van der Waals surface area contributed by atoms with Crippen LogP contribution in [0.15, 0.2) is 11.1 Å². The Morgan fingerprint density at radius 3 is 2.70 bits per heavy atom. The highest BCUT2D eigenvalue weighted by Gasteiger charge is 2.42. The maximum atomic E-state index is 12.9. The fourth-order valence-corrected chi connectivity index (χ4v) is 7.05. The van der Waals surface area contributed by atoms with Crippen LogP contribution in [-0.2, 0) is 16.9 Å². The first-order chi connectivity index (χ1) is 12.8. The molecule has 146 valence electrons. The van der Waals surface area contributed by atoms with Crippen LogP contribution in [0.1, 0.15) is 28.1 Å². The van der Waals surface area contributed by atoms with Crippen LogP contribution in [0.25, 0.3) is 10.2 Å². The molecule has 27 heavy (non-hydrogen) atoms. The van der Waals surface area contributed by atoms with Gasteiger partial charge in [-0.15, -0.1) is 11.3 Å². The van der Waals surface area contributed by atoms with Crippen LogP contribution in [0.2, 0.25) is 0 Å². The molecule has 2 unspecified atom stereocenters. The average molecular weight is 411 g/mol. The Morgan fingerprint density at radius 2 is 2.00 bits per heavy atom. The summed E-state index contributed by atoms with van der Waals surface area (Å²) in [6, 6.07) is -0.608. The molecule has 2 aliphatic rings. The fraction of sp³-hybridized carbons (Fsp3) is 0.588. The van der Waals surface area contributed by atoms with Crippen molar-refractivity contribution in [3.05, 3.63) is 27.1 Å². The third kappa shape index (κ3) is 3.30. The molecule has 0 saturated carbocycles. The van der Waals surface area contributed by atoms with Crippen molar-refractivity contribution in [2.75, 3.05) is 24.6 Å². The molecule has 0 bridgehead atoms. The highest BCUT2D eigenvalue weighted by molar-refractivity contribution is 7.91. The van der Waals surface area contributed by atoms with E-state index in [0.717, 1.165) is 25.9 Å². The van der Waals surface area contributed by atoms with Gasteiger partial charge in [-0.1, -0.05) is 0 Å². The number of amides is 1. The Balaban J connectivity index is 1.63. The molecular formula is C17H22N4O4S2. The molecule has 1 N–H and O–H groups in total. The van der Waals surface area contributed by atoms with Crippen LogP contribution >= 0.6 is 11.3 Å². The quantitative estimate of drug-likeness (QED) is 0.781. The van der Waals surface area contributed by atoms with Crippen molar-refractivity contribution >= 4 is 37.3 Å². The monoisotopic (exact) mass is 410 g/mol. The summed E-state index contributed by atoms with van der Waals surface area (Å²) in [5, 5.41) is 3.38. The lowest BCUT2D eigenvalue weighted by atomic mass is 10.1. The number of thiophene rings is 1. The smallest absolute Gasteiger partial charge is 0.262 e. The summed E-state index contributed by atoms with van der Waals surface area (Å²) in [7, 11) is -1.55. The van der Waals surface area contributed by atoms with Crippen LogP contribution in [-0.4, -0.2) is 65.5 Å². The molecular weight excluding hydrogens is 388 g/mol. The van der Waals surface area contributed by atoms with Gasteiger partial charge in [0.2, 0.25) is 0 Å². The molecule has 2 aromatic rings. The number of aryl methyl sites for hydroxylation is 2. The molecule has 4 rings (SSSR count). The molecule has 2 saturated heterocycles. The summed E-state index contributed by atoms with van der Waals surface area (Å²) in [5.74, 6) is -0.279. The van der Waals surface area contributed by atoms with Crippen molar-refractivity contribution in [1.29, 1.82) is 0 Å². The normalized spacial score (nSPS) is 25.3. The van der Waals surface area contributed by atoms with Crippen molar-refractivity contribution in [2.45, 2.75) is 31.8 Å². The van der Waals surface area contributed by atoms with E-state index in [1.165, 1.54) is 22.2 Å². The van der Waals surface area contributed by atoms with E-state index >= 15 is 0 Å².